The van der Waals surface area contributed by atoms with Crippen LogP contribution in [0.1, 0.15) is 104 Å². The second-order valence-corrected chi connectivity index (χ2v) is 14.0. The molecule has 2 aliphatic rings. The van der Waals surface area contributed by atoms with E-state index in [0.29, 0.717) is 0 Å². The molecule has 0 amide bonds. The Hall–Kier alpha value is -3.52. The molecule has 6 rings (SSSR count). The Bertz CT molecular complexity index is 1330. The molecule has 0 unspecified atom stereocenters. The molecule has 4 aromatic rings. The van der Waals surface area contributed by atoms with Gasteiger partial charge in [-0.15, -0.1) is 0 Å². The highest BCUT2D eigenvalue weighted by molar-refractivity contribution is 5.43. The number of hydrogen-bond donors (Lipinski definition) is 2. The summed E-state index contributed by atoms with van der Waals surface area (Å²) in [4.78, 5) is 0. The van der Waals surface area contributed by atoms with E-state index in [-0.39, 0.29) is 5.41 Å². The highest BCUT2D eigenvalue weighted by atomic mass is 14.5. The van der Waals surface area contributed by atoms with Gasteiger partial charge in [0.05, 0.1) is 0 Å². The van der Waals surface area contributed by atoms with Gasteiger partial charge in [-0.25, -0.2) is 0 Å². The molecule has 2 heteroatoms. The summed E-state index contributed by atoms with van der Waals surface area (Å²) in [6.07, 6.45) is 19.7. The van der Waals surface area contributed by atoms with Crippen LogP contribution in [0.15, 0.2) is 97.1 Å². The Labute approximate surface area is 266 Å². The summed E-state index contributed by atoms with van der Waals surface area (Å²) in [7, 11) is 0. The lowest BCUT2D eigenvalue weighted by Gasteiger charge is -2.42. The molecule has 4 aromatic carbocycles. The minimum Gasteiger partial charge on any atom is -0.399 e. The lowest BCUT2D eigenvalue weighted by atomic mass is 9.62. The van der Waals surface area contributed by atoms with Crippen LogP contribution in [-0.4, -0.2) is 0 Å². The van der Waals surface area contributed by atoms with Crippen LogP contribution in [0.2, 0.25) is 0 Å². The summed E-state index contributed by atoms with van der Waals surface area (Å²) in [6, 6.07) is 36.1. The molecule has 230 valence electrons. The molecule has 0 bridgehead atoms. The van der Waals surface area contributed by atoms with E-state index in [1.165, 1.54) is 104 Å². The highest BCUT2D eigenvalue weighted by Crippen LogP contribution is 2.48. The molecule has 0 aromatic heterocycles. The van der Waals surface area contributed by atoms with E-state index in [1.54, 1.807) is 0 Å². The van der Waals surface area contributed by atoms with Gasteiger partial charge >= 0.3 is 0 Å². The molecule has 2 aliphatic carbocycles. The Morgan fingerprint density at radius 2 is 0.773 bits per heavy atom. The van der Waals surface area contributed by atoms with Crippen molar-refractivity contribution in [3.05, 3.63) is 130 Å². The number of nitrogens with two attached hydrogens (primary N) is 2. The molecule has 0 aliphatic heterocycles. The van der Waals surface area contributed by atoms with E-state index >= 15 is 0 Å². The van der Waals surface area contributed by atoms with Crippen molar-refractivity contribution in [2.45, 2.75) is 102 Å². The van der Waals surface area contributed by atoms with Crippen molar-refractivity contribution in [3.8, 4) is 0 Å². The standard InChI is InChI=1S/C42H52N2/c43-40-24-16-35(17-25-40)9-7-33-12-20-38(21-13-33)42(30-28-37(29-31-42)11-6-32-4-2-1-3-5-32)39-22-14-34(15-23-39)8-10-36-18-26-41(44)27-19-36/h12-27,32,37H,1-11,28-31,43-44H2. The number of anilines is 2. The topological polar surface area (TPSA) is 52.0 Å². The van der Waals surface area contributed by atoms with Gasteiger partial charge in [0.2, 0.25) is 0 Å². The first kappa shape index (κ1) is 30.5. The van der Waals surface area contributed by atoms with Gasteiger partial charge < -0.3 is 11.5 Å². The van der Waals surface area contributed by atoms with E-state index in [4.69, 9.17) is 11.5 Å². The van der Waals surface area contributed by atoms with Crippen LogP contribution in [0, 0.1) is 11.8 Å². The minimum absolute atomic E-state index is 0.117. The molecule has 0 atom stereocenters. The van der Waals surface area contributed by atoms with E-state index in [9.17, 15) is 0 Å². The molecule has 0 heterocycles. The van der Waals surface area contributed by atoms with Crippen LogP contribution in [0.3, 0.4) is 0 Å². The summed E-state index contributed by atoms with van der Waals surface area (Å²) < 4.78 is 0. The number of hydrogen-bond acceptors (Lipinski definition) is 2. The van der Waals surface area contributed by atoms with Gasteiger partial charge in [-0.2, -0.15) is 0 Å². The molecule has 0 radical (unpaired) electrons. The lowest BCUT2D eigenvalue weighted by Crippen LogP contribution is -2.33. The Morgan fingerprint density at radius 1 is 0.432 bits per heavy atom. The molecular weight excluding hydrogens is 532 g/mol. The molecule has 44 heavy (non-hydrogen) atoms. The number of nitrogen functional groups attached to an aromatic ring is 2. The predicted octanol–water partition coefficient (Wildman–Crippen LogP) is 10.3. The highest BCUT2D eigenvalue weighted by Gasteiger charge is 2.38. The van der Waals surface area contributed by atoms with E-state index in [2.05, 4.69) is 72.8 Å². The second-order valence-electron chi connectivity index (χ2n) is 14.0. The fourth-order valence-corrected chi connectivity index (χ4v) is 8.08. The average molecular weight is 585 g/mol. The third-order valence-electron chi connectivity index (χ3n) is 11.0. The zero-order valence-electron chi connectivity index (χ0n) is 26.7. The minimum atomic E-state index is 0.117. The van der Waals surface area contributed by atoms with Crippen molar-refractivity contribution in [2.75, 3.05) is 11.5 Å². The average Bonchev–Trinajstić information content (AvgIpc) is 3.08. The van der Waals surface area contributed by atoms with Crippen molar-refractivity contribution < 1.29 is 0 Å². The van der Waals surface area contributed by atoms with E-state index < -0.39 is 0 Å². The molecule has 2 nitrogen and oxygen atoms in total. The second kappa shape index (κ2) is 14.5. The smallest absolute Gasteiger partial charge is 0.0314 e. The Kier molecular flexibility index (Phi) is 10.1. The first-order chi connectivity index (χ1) is 21.6. The van der Waals surface area contributed by atoms with Crippen molar-refractivity contribution in [3.63, 3.8) is 0 Å². The number of aryl methyl sites for hydroxylation is 4. The Balaban J connectivity index is 1.15. The maximum absolute atomic E-state index is 5.89. The normalized spacial score (nSPS) is 17.5. The molecule has 0 saturated heterocycles. The summed E-state index contributed by atoms with van der Waals surface area (Å²) in [5, 5.41) is 0. The van der Waals surface area contributed by atoms with E-state index in [1.807, 2.05) is 24.3 Å². The van der Waals surface area contributed by atoms with Crippen molar-refractivity contribution in [1.29, 1.82) is 0 Å². The molecule has 2 fully saturated rings. The number of benzene rings is 4. The number of rotatable bonds is 11. The van der Waals surface area contributed by atoms with Crippen LogP contribution < -0.4 is 11.5 Å². The fraction of sp³-hybridized carbons (Fsp3) is 0.429. The fourth-order valence-electron chi connectivity index (χ4n) is 8.08. The van der Waals surface area contributed by atoms with Crippen LogP contribution in [-0.2, 0) is 31.1 Å². The first-order valence-electron chi connectivity index (χ1n) is 17.4. The summed E-state index contributed by atoms with van der Waals surface area (Å²) >= 11 is 0. The van der Waals surface area contributed by atoms with Crippen LogP contribution in [0.4, 0.5) is 11.4 Å². The first-order valence-corrected chi connectivity index (χ1v) is 17.4. The Morgan fingerprint density at radius 3 is 1.16 bits per heavy atom. The van der Waals surface area contributed by atoms with Crippen LogP contribution >= 0.6 is 0 Å². The SMILES string of the molecule is Nc1ccc(CCc2ccc(C3(c4ccc(CCc5ccc(N)cc5)cc4)CCC(CCC4CCCCC4)CC3)cc2)cc1. The third kappa shape index (κ3) is 7.76. The van der Waals surface area contributed by atoms with Gasteiger partial charge in [0.1, 0.15) is 0 Å². The zero-order valence-corrected chi connectivity index (χ0v) is 26.7. The van der Waals surface area contributed by atoms with Gasteiger partial charge in [-0.3, -0.25) is 0 Å². The third-order valence-corrected chi connectivity index (χ3v) is 11.0. The monoisotopic (exact) mass is 584 g/mol. The predicted molar refractivity (Wildman–Crippen MR) is 188 cm³/mol. The van der Waals surface area contributed by atoms with Gasteiger partial charge in [-0.1, -0.05) is 118 Å². The molecular formula is C42H52N2. The summed E-state index contributed by atoms with van der Waals surface area (Å²) in [5.74, 6) is 1.89. The largest absolute Gasteiger partial charge is 0.399 e. The van der Waals surface area contributed by atoms with Gasteiger partial charge in [-0.05, 0) is 121 Å². The van der Waals surface area contributed by atoms with Crippen LogP contribution in [0.5, 0.6) is 0 Å². The van der Waals surface area contributed by atoms with Gasteiger partial charge in [0.25, 0.3) is 0 Å². The maximum atomic E-state index is 5.89. The van der Waals surface area contributed by atoms with Gasteiger partial charge in [0.15, 0.2) is 0 Å². The maximum Gasteiger partial charge on any atom is 0.0314 e. The summed E-state index contributed by atoms with van der Waals surface area (Å²) in [5.41, 5.74) is 22.1. The molecule has 0 spiro atoms. The summed E-state index contributed by atoms with van der Waals surface area (Å²) in [6.45, 7) is 0. The van der Waals surface area contributed by atoms with Gasteiger partial charge in [0, 0.05) is 16.8 Å². The lowest BCUT2D eigenvalue weighted by molar-refractivity contribution is 0.229. The van der Waals surface area contributed by atoms with Crippen molar-refractivity contribution in [2.24, 2.45) is 11.8 Å². The van der Waals surface area contributed by atoms with Crippen LogP contribution in [0.25, 0.3) is 0 Å². The molecule has 4 N–H and O–H groups in total. The van der Waals surface area contributed by atoms with Crippen molar-refractivity contribution in [1.82, 2.24) is 0 Å². The molecule has 2 saturated carbocycles. The quantitative estimate of drug-likeness (QED) is 0.172. The van der Waals surface area contributed by atoms with E-state index in [0.717, 1.165) is 48.9 Å². The zero-order chi connectivity index (χ0) is 30.2. The van der Waals surface area contributed by atoms with Crippen molar-refractivity contribution >= 4 is 11.4 Å².